The predicted octanol–water partition coefficient (Wildman–Crippen LogP) is 3.27. The van der Waals surface area contributed by atoms with Gasteiger partial charge in [-0.25, -0.2) is 8.42 Å². The third-order valence-corrected chi connectivity index (χ3v) is 5.51. The predicted molar refractivity (Wildman–Crippen MR) is 118 cm³/mol. The summed E-state index contributed by atoms with van der Waals surface area (Å²) in [4.78, 5) is 22.7. The standard InChI is InChI=1S/C21H27N3O6S/c1-15(2)10-13-30-17-6-4-16(5-7-17)21(25)23-12-11-22-19-9-8-18(31(3,28)29)14-20(19)24(26)27/h4-9,14-15,22H,10-13H2,1-3H3,(H,23,25). The van der Waals surface area contributed by atoms with Gasteiger partial charge in [0, 0.05) is 31.0 Å². The van der Waals surface area contributed by atoms with E-state index in [0.29, 0.717) is 23.8 Å². The van der Waals surface area contributed by atoms with Crippen LogP contribution in [0.15, 0.2) is 47.4 Å². The minimum atomic E-state index is -3.55. The molecule has 2 aromatic carbocycles. The zero-order valence-corrected chi connectivity index (χ0v) is 18.6. The molecule has 2 aromatic rings. The summed E-state index contributed by atoms with van der Waals surface area (Å²) in [6.45, 7) is 5.30. The van der Waals surface area contributed by atoms with Crippen molar-refractivity contribution in [2.45, 2.75) is 25.2 Å². The molecular formula is C21H27N3O6S. The van der Waals surface area contributed by atoms with Crippen LogP contribution in [0.5, 0.6) is 5.75 Å². The molecule has 0 spiro atoms. The summed E-state index contributed by atoms with van der Waals surface area (Å²) in [6, 6.07) is 10.5. The number of rotatable bonds is 11. The van der Waals surface area contributed by atoms with Gasteiger partial charge in [0.05, 0.1) is 16.4 Å². The van der Waals surface area contributed by atoms with Crippen molar-refractivity contribution in [2.75, 3.05) is 31.3 Å². The lowest BCUT2D eigenvalue weighted by atomic mass is 10.1. The molecule has 10 heteroatoms. The van der Waals surface area contributed by atoms with E-state index in [-0.39, 0.29) is 35.3 Å². The van der Waals surface area contributed by atoms with Crippen LogP contribution in [0.1, 0.15) is 30.6 Å². The third kappa shape index (κ3) is 7.56. The van der Waals surface area contributed by atoms with E-state index in [0.717, 1.165) is 18.7 Å². The lowest BCUT2D eigenvalue weighted by Gasteiger charge is -2.10. The SMILES string of the molecule is CC(C)CCOc1ccc(C(=O)NCCNc2ccc(S(C)(=O)=O)cc2[N+](=O)[O-])cc1. The van der Waals surface area contributed by atoms with Gasteiger partial charge in [-0.2, -0.15) is 0 Å². The lowest BCUT2D eigenvalue weighted by molar-refractivity contribution is -0.384. The van der Waals surface area contributed by atoms with Crippen LogP contribution in [0, 0.1) is 16.0 Å². The largest absolute Gasteiger partial charge is 0.494 e. The fourth-order valence-corrected chi connectivity index (χ4v) is 3.27. The van der Waals surface area contributed by atoms with E-state index in [1.54, 1.807) is 24.3 Å². The number of carbonyl (C=O) groups excluding carboxylic acids is 1. The molecule has 1 amide bonds. The Labute approximate surface area is 181 Å². The number of nitrogens with one attached hydrogen (secondary N) is 2. The fraction of sp³-hybridized carbons (Fsp3) is 0.381. The monoisotopic (exact) mass is 449 g/mol. The van der Waals surface area contributed by atoms with Gasteiger partial charge >= 0.3 is 0 Å². The Morgan fingerprint density at radius 3 is 2.39 bits per heavy atom. The summed E-state index contributed by atoms with van der Waals surface area (Å²) in [7, 11) is -3.55. The second-order valence-electron chi connectivity index (χ2n) is 7.45. The minimum Gasteiger partial charge on any atom is -0.494 e. The maximum absolute atomic E-state index is 12.2. The topological polar surface area (TPSA) is 128 Å². The maximum atomic E-state index is 12.2. The molecule has 0 aliphatic carbocycles. The van der Waals surface area contributed by atoms with E-state index in [4.69, 9.17) is 4.74 Å². The summed E-state index contributed by atoms with van der Waals surface area (Å²) < 4.78 is 28.8. The number of amides is 1. The van der Waals surface area contributed by atoms with Gasteiger partial charge in [-0.15, -0.1) is 0 Å². The van der Waals surface area contributed by atoms with E-state index in [2.05, 4.69) is 24.5 Å². The highest BCUT2D eigenvalue weighted by Gasteiger charge is 2.18. The first kappa shape index (κ1) is 24.1. The van der Waals surface area contributed by atoms with E-state index in [9.17, 15) is 23.3 Å². The summed E-state index contributed by atoms with van der Waals surface area (Å²) in [5, 5.41) is 16.8. The first-order valence-corrected chi connectivity index (χ1v) is 11.7. The van der Waals surface area contributed by atoms with Gasteiger partial charge in [0.1, 0.15) is 11.4 Å². The number of nitro groups is 1. The Morgan fingerprint density at radius 2 is 1.81 bits per heavy atom. The van der Waals surface area contributed by atoms with Gasteiger partial charge < -0.3 is 15.4 Å². The van der Waals surface area contributed by atoms with Crippen molar-refractivity contribution in [2.24, 2.45) is 5.92 Å². The Balaban J connectivity index is 1.87. The molecule has 0 unspecified atom stereocenters. The van der Waals surface area contributed by atoms with E-state index in [1.807, 2.05) is 0 Å². The molecule has 0 aliphatic heterocycles. The van der Waals surface area contributed by atoms with Crippen LogP contribution in [0.25, 0.3) is 0 Å². The zero-order chi connectivity index (χ0) is 23.0. The highest BCUT2D eigenvalue weighted by atomic mass is 32.2. The second kappa shape index (κ2) is 10.8. The number of sulfone groups is 1. The average Bonchev–Trinajstić information content (AvgIpc) is 2.70. The van der Waals surface area contributed by atoms with Gasteiger partial charge in [-0.1, -0.05) is 13.8 Å². The molecule has 0 aromatic heterocycles. The van der Waals surface area contributed by atoms with Crippen molar-refractivity contribution in [1.82, 2.24) is 5.32 Å². The molecule has 0 heterocycles. The highest BCUT2D eigenvalue weighted by Crippen LogP contribution is 2.27. The van der Waals surface area contributed by atoms with Gasteiger partial charge in [0.2, 0.25) is 0 Å². The van der Waals surface area contributed by atoms with Crippen LogP contribution < -0.4 is 15.4 Å². The number of hydrogen-bond acceptors (Lipinski definition) is 7. The number of nitrogens with zero attached hydrogens (tertiary/aromatic N) is 1. The van der Waals surface area contributed by atoms with Crippen LogP contribution in [-0.4, -0.2) is 45.2 Å². The van der Waals surface area contributed by atoms with Crippen LogP contribution in [0.3, 0.4) is 0 Å². The van der Waals surface area contributed by atoms with Crippen molar-refractivity contribution in [3.8, 4) is 5.75 Å². The molecule has 0 atom stereocenters. The number of anilines is 1. The molecule has 2 rings (SSSR count). The number of nitro benzene ring substituents is 1. The third-order valence-electron chi connectivity index (χ3n) is 4.40. The van der Waals surface area contributed by atoms with Crippen LogP contribution in [0.2, 0.25) is 0 Å². The quantitative estimate of drug-likeness (QED) is 0.306. The molecule has 0 saturated carbocycles. The van der Waals surface area contributed by atoms with Gasteiger partial charge in [-0.3, -0.25) is 14.9 Å². The van der Waals surface area contributed by atoms with E-state index in [1.165, 1.54) is 12.1 Å². The highest BCUT2D eigenvalue weighted by molar-refractivity contribution is 7.90. The summed E-state index contributed by atoms with van der Waals surface area (Å²) in [6.07, 6.45) is 1.93. The molecule has 0 bridgehead atoms. The van der Waals surface area contributed by atoms with E-state index < -0.39 is 14.8 Å². The Bertz CT molecular complexity index is 1020. The van der Waals surface area contributed by atoms with Crippen molar-refractivity contribution in [3.05, 3.63) is 58.1 Å². The van der Waals surface area contributed by atoms with Crippen LogP contribution in [0.4, 0.5) is 11.4 Å². The molecule has 2 N–H and O–H groups in total. The van der Waals surface area contributed by atoms with Crippen molar-refractivity contribution < 1.29 is 22.9 Å². The van der Waals surface area contributed by atoms with Gasteiger partial charge in [-0.05, 0) is 48.7 Å². The molecule has 31 heavy (non-hydrogen) atoms. The van der Waals surface area contributed by atoms with Gasteiger partial charge in [0.25, 0.3) is 11.6 Å². The number of carbonyl (C=O) groups is 1. The number of hydrogen-bond donors (Lipinski definition) is 2. The molecule has 0 fully saturated rings. The second-order valence-corrected chi connectivity index (χ2v) is 9.46. The summed E-state index contributed by atoms with van der Waals surface area (Å²) >= 11 is 0. The van der Waals surface area contributed by atoms with Crippen molar-refractivity contribution >= 4 is 27.1 Å². The first-order chi connectivity index (χ1) is 14.6. The summed E-state index contributed by atoms with van der Waals surface area (Å²) in [5.41, 5.74) is 0.302. The fourth-order valence-electron chi connectivity index (χ4n) is 2.63. The average molecular weight is 450 g/mol. The van der Waals surface area contributed by atoms with Crippen LogP contribution >= 0.6 is 0 Å². The lowest BCUT2D eigenvalue weighted by Crippen LogP contribution is -2.28. The van der Waals surface area contributed by atoms with Crippen LogP contribution in [-0.2, 0) is 9.84 Å². The molecular weight excluding hydrogens is 422 g/mol. The normalized spacial score (nSPS) is 11.2. The Hall–Kier alpha value is -3.14. The molecule has 168 valence electrons. The maximum Gasteiger partial charge on any atom is 0.293 e. The molecule has 0 aliphatic rings. The first-order valence-electron chi connectivity index (χ1n) is 9.81. The Kier molecular flexibility index (Phi) is 8.38. The Morgan fingerprint density at radius 1 is 1.13 bits per heavy atom. The van der Waals surface area contributed by atoms with Gasteiger partial charge in [0.15, 0.2) is 9.84 Å². The van der Waals surface area contributed by atoms with Crippen molar-refractivity contribution in [1.29, 1.82) is 0 Å². The summed E-state index contributed by atoms with van der Waals surface area (Å²) in [5.74, 6) is 0.971. The number of ether oxygens (including phenoxy) is 1. The minimum absolute atomic E-state index is 0.130. The zero-order valence-electron chi connectivity index (χ0n) is 17.8. The molecule has 9 nitrogen and oxygen atoms in total. The smallest absolute Gasteiger partial charge is 0.293 e. The molecule has 0 saturated heterocycles. The van der Waals surface area contributed by atoms with E-state index >= 15 is 0 Å². The molecule has 0 radical (unpaired) electrons. The number of benzene rings is 2. The van der Waals surface area contributed by atoms with Crippen molar-refractivity contribution in [3.63, 3.8) is 0 Å².